The zero-order chi connectivity index (χ0) is 21.5. The summed E-state index contributed by atoms with van der Waals surface area (Å²) in [6, 6.07) is 26.0. The maximum Gasteiger partial charge on any atom is 0.254 e. The third-order valence-electron chi connectivity index (χ3n) is 5.70. The second-order valence-corrected chi connectivity index (χ2v) is 7.84. The van der Waals surface area contributed by atoms with Crippen LogP contribution in [0.3, 0.4) is 0 Å². The van der Waals surface area contributed by atoms with Gasteiger partial charge in [0.2, 0.25) is 0 Å². The number of quaternary nitrogens is 1. The molecule has 1 N–H and O–H groups in total. The number of hydrogen-bond acceptors (Lipinski definition) is 3. The number of hydrogen-bond donors (Lipinski definition) is 1. The van der Waals surface area contributed by atoms with Gasteiger partial charge in [-0.15, -0.1) is 0 Å². The summed E-state index contributed by atoms with van der Waals surface area (Å²) in [7, 11) is 1.60. The maximum atomic E-state index is 13.0. The number of benzene rings is 3. The molecule has 0 spiro atoms. The fraction of sp³-hybridized carbons (Fsp3) is 0.269. The van der Waals surface area contributed by atoms with Crippen molar-refractivity contribution in [2.45, 2.75) is 13.2 Å². The molecule has 1 amide bonds. The van der Waals surface area contributed by atoms with E-state index in [9.17, 15) is 4.79 Å². The molecule has 0 aromatic heterocycles. The van der Waals surface area contributed by atoms with Gasteiger partial charge in [0.25, 0.3) is 5.91 Å². The van der Waals surface area contributed by atoms with Crippen molar-refractivity contribution >= 4 is 5.91 Å². The Morgan fingerprint density at radius 3 is 2.16 bits per heavy atom. The molecule has 31 heavy (non-hydrogen) atoms. The number of carbonyl (C=O) groups is 1. The van der Waals surface area contributed by atoms with Crippen molar-refractivity contribution < 1.29 is 19.2 Å². The number of methoxy groups -OCH3 is 1. The van der Waals surface area contributed by atoms with E-state index in [1.54, 1.807) is 13.2 Å². The lowest BCUT2D eigenvalue weighted by Gasteiger charge is -2.32. The van der Waals surface area contributed by atoms with Gasteiger partial charge < -0.3 is 19.3 Å². The zero-order valence-corrected chi connectivity index (χ0v) is 17.9. The average Bonchev–Trinajstić information content (AvgIpc) is 2.84. The molecule has 0 radical (unpaired) electrons. The first kappa shape index (κ1) is 20.9. The first-order valence-electron chi connectivity index (χ1n) is 10.7. The van der Waals surface area contributed by atoms with Gasteiger partial charge in [-0.2, -0.15) is 0 Å². The van der Waals surface area contributed by atoms with Gasteiger partial charge in [0.15, 0.2) is 11.5 Å². The number of rotatable bonds is 7. The SMILES string of the molecule is COc1cc(C(=O)N2CC[NH+](Cc3ccccc3)CC2)ccc1OCc1ccccc1. The van der Waals surface area contributed by atoms with Crippen molar-refractivity contribution in [3.05, 3.63) is 95.6 Å². The highest BCUT2D eigenvalue weighted by molar-refractivity contribution is 5.95. The fourth-order valence-electron chi connectivity index (χ4n) is 3.93. The Morgan fingerprint density at radius 2 is 1.52 bits per heavy atom. The van der Waals surface area contributed by atoms with Crippen LogP contribution in [0.25, 0.3) is 0 Å². The summed E-state index contributed by atoms with van der Waals surface area (Å²) in [6.07, 6.45) is 0. The number of nitrogens with zero attached hydrogens (tertiary/aromatic N) is 1. The molecule has 160 valence electrons. The van der Waals surface area contributed by atoms with Crippen molar-refractivity contribution in [1.82, 2.24) is 4.90 Å². The molecule has 0 bridgehead atoms. The van der Waals surface area contributed by atoms with Crippen molar-refractivity contribution in [2.75, 3.05) is 33.3 Å². The summed E-state index contributed by atoms with van der Waals surface area (Å²) in [6.45, 7) is 4.89. The topological polar surface area (TPSA) is 43.2 Å². The van der Waals surface area contributed by atoms with E-state index in [2.05, 4.69) is 24.3 Å². The van der Waals surface area contributed by atoms with Crippen LogP contribution < -0.4 is 14.4 Å². The molecule has 1 fully saturated rings. The second kappa shape index (κ2) is 10.1. The number of piperazine rings is 1. The van der Waals surface area contributed by atoms with Crippen molar-refractivity contribution in [1.29, 1.82) is 0 Å². The Labute approximate surface area is 183 Å². The summed E-state index contributed by atoms with van der Waals surface area (Å²) in [4.78, 5) is 16.5. The zero-order valence-electron chi connectivity index (χ0n) is 17.9. The van der Waals surface area contributed by atoms with Crippen LogP contribution in [0.15, 0.2) is 78.9 Å². The largest absolute Gasteiger partial charge is 0.493 e. The summed E-state index contributed by atoms with van der Waals surface area (Å²) in [5, 5.41) is 0. The van der Waals surface area contributed by atoms with E-state index >= 15 is 0 Å². The number of amides is 1. The van der Waals surface area contributed by atoms with Crippen LogP contribution >= 0.6 is 0 Å². The highest BCUT2D eigenvalue weighted by atomic mass is 16.5. The van der Waals surface area contributed by atoms with Gasteiger partial charge in [-0.25, -0.2) is 0 Å². The Morgan fingerprint density at radius 1 is 0.871 bits per heavy atom. The van der Waals surface area contributed by atoms with Crippen molar-refractivity contribution in [3.63, 3.8) is 0 Å². The molecule has 0 atom stereocenters. The van der Waals surface area contributed by atoms with Crippen LogP contribution in [0.4, 0.5) is 0 Å². The summed E-state index contributed by atoms with van der Waals surface area (Å²) in [5.74, 6) is 1.27. The molecule has 0 aliphatic carbocycles. The lowest BCUT2D eigenvalue weighted by molar-refractivity contribution is -0.917. The standard InChI is InChI=1S/C26H28N2O3/c1-30-25-18-23(12-13-24(25)31-20-22-10-6-3-7-11-22)26(29)28-16-14-27(15-17-28)19-21-8-4-2-5-9-21/h2-13,18H,14-17,19-20H2,1H3/p+1. The Kier molecular flexibility index (Phi) is 6.85. The molecular formula is C26H29N2O3+. The molecule has 1 saturated heterocycles. The second-order valence-electron chi connectivity index (χ2n) is 7.84. The Bertz CT molecular complexity index is 984. The molecule has 4 rings (SSSR count). The van der Waals surface area contributed by atoms with E-state index in [0.29, 0.717) is 23.7 Å². The molecular weight excluding hydrogens is 388 g/mol. The van der Waals surface area contributed by atoms with Crippen molar-refractivity contribution in [2.24, 2.45) is 0 Å². The van der Waals surface area contributed by atoms with Gasteiger partial charge in [-0.1, -0.05) is 60.7 Å². The summed E-state index contributed by atoms with van der Waals surface area (Å²) >= 11 is 0. The van der Waals surface area contributed by atoms with Gasteiger partial charge in [0, 0.05) is 11.1 Å². The number of ether oxygens (including phenoxy) is 2. The summed E-state index contributed by atoms with van der Waals surface area (Å²) < 4.78 is 11.4. The van der Waals surface area contributed by atoms with Gasteiger partial charge in [-0.3, -0.25) is 4.79 Å². The number of nitrogens with one attached hydrogen (secondary N) is 1. The Hall–Kier alpha value is -3.31. The molecule has 5 nitrogen and oxygen atoms in total. The summed E-state index contributed by atoms with van der Waals surface area (Å²) in [5.41, 5.74) is 3.06. The highest BCUT2D eigenvalue weighted by Crippen LogP contribution is 2.29. The predicted octanol–water partition coefficient (Wildman–Crippen LogP) is 2.82. The van der Waals surface area contributed by atoms with E-state index in [1.807, 2.05) is 53.4 Å². The van der Waals surface area contributed by atoms with Crippen LogP contribution in [0.5, 0.6) is 11.5 Å². The quantitative estimate of drug-likeness (QED) is 0.643. The van der Waals surface area contributed by atoms with Gasteiger partial charge >= 0.3 is 0 Å². The first-order valence-corrected chi connectivity index (χ1v) is 10.7. The lowest BCUT2D eigenvalue weighted by atomic mass is 10.1. The van der Waals surface area contributed by atoms with E-state index in [1.165, 1.54) is 10.5 Å². The molecule has 1 heterocycles. The minimum absolute atomic E-state index is 0.0478. The van der Waals surface area contributed by atoms with Gasteiger partial charge in [0.05, 0.1) is 33.3 Å². The van der Waals surface area contributed by atoms with E-state index in [0.717, 1.165) is 38.3 Å². The van der Waals surface area contributed by atoms with Gasteiger partial charge in [-0.05, 0) is 23.8 Å². The fourth-order valence-corrected chi connectivity index (χ4v) is 3.93. The molecule has 0 saturated carbocycles. The number of carbonyl (C=O) groups excluding carboxylic acids is 1. The van der Waals surface area contributed by atoms with Crippen LogP contribution in [0.2, 0.25) is 0 Å². The maximum absolute atomic E-state index is 13.0. The van der Waals surface area contributed by atoms with E-state index < -0.39 is 0 Å². The highest BCUT2D eigenvalue weighted by Gasteiger charge is 2.25. The molecule has 5 heteroatoms. The molecule has 1 aliphatic rings. The van der Waals surface area contributed by atoms with Crippen molar-refractivity contribution in [3.8, 4) is 11.5 Å². The van der Waals surface area contributed by atoms with Crippen LogP contribution in [0.1, 0.15) is 21.5 Å². The van der Waals surface area contributed by atoms with Crippen LogP contribution in [0, 0.1) is 0 Å². The Balaban J connectivity index is 1.35. The van der Waals surface area contributed by atoms with Crippen LogP contribution in [-0.2, 0) is 13.2 Å². The molecule has 3 aromatic rings. The lowest BCUT2D eigenvalue weighted by Crippen LogP contribution is -3.13. The minimum atomic E-state index is 0.0478. The minimum Gasteiger partial charge on any atom is -0.493 e. The molecule has 0 unspecified atom stereocenters. The smallest absolute Gasteiger partial charge is 0.254 e. The van der Waals surface area contributed by atoms with E-state index in [-0.39, 0.29) is 5.91 Å². The third kappa shape index (κ3) is 5.44. The monoisotopic (exact) mass is 417 g/mol. The predicted molar refractivity (Wildman–Crippen MR) is 121 cm³/mol. The van der Waals surface area contributed by atoms with Gasteiger partial charge in [0.1, 0.15) is 13.2 Å². The normalized spacial score (nSPS) is 14.3. The first-order chi connectivity index (χ1) is 15.2. The average molecular weight is 418 g/mol. The molecule has 1 aliphatic heterocycles. The molecule has 3 aromatic carbocycles. The third-order valence-corrected chi connectivity index (χ3v) is 5.70. The van der Waals surface area contributed by atoms with E-state index in [4.69, 9.17) is 9.47 Å². The van der Waals surface area contributed by atoms with Crippen LogP contribution in [-0.4, -0.2) is 44.1 Å².